The Labute approximate surface area is 182 Å². The molecule has 1 amide bonds. The Morgan fingerprint density at radius 1 is 1.07 bits per heavy atom. The van der Waals surface area contributed by atoms with Gasteiger partial charge in [-0.2, -0.15) is 0 Å². The van der Waals surface area contributed by atoms with E-state index in [-0.39, 0.29) is 23.8 Å². The van der Waals surface area contributed by atoms with Gasteiger partial charge < -0.3 is 4.90 Å². The van der Waals surface area contributed by atoms with Gasteiger partial charge in [0.05, 0.1) is 12.3 Å². The standard InChI is InChI=1S/C22H32FN5OS/c1-16(2)27(17(3)4)21(29)15-30-22-25-24-20(14-26-12-6-5-7-13-26)28(22)19-10-8-18(23)9-11-19/h8-11,16-17H,5-7,12-15H2,1-4H3. The lowest BCUT2D eigenvalue weighted by Crippen LogP contribution is -2.43. The molecule has 0 aliphatic carbocycles. The molecule has 30 heavy (non-hydrogen) atoms. The van der Waals surface area contributed by atoms with E-state index in [9.17, 15) is 9.18 Å². The molecule has 1 saturated heterocycles. The first kappa shape index (κ1) is 22.7. The Morgan fingerprint density at radius 3 is 2.30 bits per heavy atom. The van der Waals surface area contributed by atoms with Crippen LogP contribution in [0.4, 0.5) is 4.39 Å². The second kappa shape index (κ2) is 10.4. The highest BCUT2D eigenvalue weighted by Crippen LogP contribution is 2.25. The van der Waals surface area contributed by atoms with E-state index in [1.54, 1.807) is 12.1 Å². The van der Waals surface area contributed by atoms with Gasteiger partial charge in [0.25, 0.3) is 0 Å². The maximum atomic E-state index is 13.5. The predicted octanol–water partition coefficient (Wildman–Crippen LogP) is 4.13. The average Bonchev–Trinajstić information content (AvgIpc) is 3.09. The molecule has 1 aliphatic heterocycles. The van der Waals surface area contributed by atoms with Crippen LogP contribution in [0.5, 0.6) is 0 Å². The van der Waals surface area contributed by atoms with Crippen molar-refractivity contribution in [3.63, 3.8) is 0 Å². The third-order valence-corrected chi connectivity index (χ3v) is 6.24. The third-order valence-electron chi connectivity index (χ3n) is 5.32. The molecular weight excluding hydrogens is 401 g/mol. The Morgan fingerprint density at radius 2 is 1.70 bits per heavy atom. The Kier molecular flexibility index (Phi) is 7.88. The number of rotatable bonds is 8. The third kappa shape index (κ3) is 5.60. The van der Waals surface area contributed by atoms with E-state index in [1.807, 2.05) is 37.2 Å². The molecule has 0 unspecified atom stereocenters. The molecule has 1 fully saturated rings. The summed E-state index contributed by atoms with van der Waals surface area (Å²) in [5.41, 5.74) is 0.813. The first-order chi connectivity index (χ1) is 14.4. The van der Waals surface area contributed by atoms with Crippen molar-refractivity contribution in [3.05, 3.63) is 35.9 Å². The number of benzene rings is 1. The van der Waals surface area contributed by atoms with Gasteiger partial charge in [-0.25, -0.2) is 4.39 Å². The molecule has 2 heterocycles. The lowest BCUT2D eigenvalue weighted by Gasteiger charge is -2.30. The van der Waals surface area contributed by atoms with Crippen molar-refractivity contribution in [1.82, 2.24) is 24.6 Å². The van der Waals surface area contributed by atoms with Gasteiger partial charge in [0.2, 0.25) is 5.91 Å². The topological polar surface area (TPSA) is 54.3 Å². The second-order valence-corrected chi connectivity index (χ2v) is 9.27. The number of likely N-dealkylation sites (tertiary alicyclic amines) is 1. The summed E-state index contributed by atoms with van der Waals surface area (Å²) in [5.74, 6) is 0.914. The molecule has 0 atom stereocenters. The van der Waals surface area contributed by atoms with Crippen molar-refractivity contribution in [3.8, 4) is 5.69 Å². The summed E-state index contributed by atoms with van der Waals surface area (Å²) in [4.78, 5) is 17.1. The molecule has 8 heteroatoms. The normalized spacial score (nSPS) is 15.2. The van der Waals surface area contributed by atoms with Crippen LogP contribution >= 0.6 is 11.8 Å². The van der Waals surface area contributed by atoms with Crippen molar-refractivity contribution in [2.75, 3.05) is 18.8 Å². The molecule has 2 aromatic rings. The highest BCUT2D eigenvalue weighted by atomic mass is 32.2. The minimum atomic E-state index is -0.279. The Bertz CT molecular complexity index is 823. The molecule has 1 aromatic heterocycles. The minimum absolute atomic E-state index is 0.0798. The Balaban J connectivity index is 1.82. The van der Waals surface area contributed by atoms with Crippen molar-refractivity contribution < 1.29 is 9.18 Å². The zero-order valence-corrected chi connectivity index (χ0v) is 19.2. The van der Waals surface area contributed by atoms with Crippen LogP contribution < -0.4 is 0 Å². The number of carbonyl (C=O) groups is 1. The number of amides is 1. The van der Waals surface area contributed by atoms with Gasteiger partial charge in [-0.1, -0.05) is 18.2 Å². The number of thioether (sulfide) groups is 1. The van der Waals surface area contributed by atoms with E-state index < -0.39 is 0 Å². The summed E-state index contributed by atoms with van der Waals surface area (Å²) in [6.45, 7) is 10.9. The smallest absolute Gasteiger partial charge is 0.233 e. The monoisotopic (exact) mass is 433 g/mol. The fraction of sp³-hybridized carbons (Fsp3) is 0.591. The van der Waals surface area contributed by atoms with Crippen LogP contribution in [0.15, 0.2) is 29.4 Å². The first-order valence-electron chi connectivity index (χ1n) is 10.7. The van der Waals surface area contributed by atoms with Gasteiger partial charge in [0, 0.05) is 17.8 Å². The van der Waals surface area contributed by atoms with Gasteiger partial charge in [-0.05, 0) is 77.9 Å². The van der Waals surface area contributed by atoms with Gasteiger partial charge in [-0.3, -0.25) is 14.3 Å². The van der Waals surface area contributed by atoms with E-state index in [2.05, 4.69) is 15.1 Å². The zero-order chi connectivity index (χ0) is 21.7. The van der Waals surface area contributed by atoms with Crippen molar-refractivity contribution in [1.29, 1.82) is 0 Å². The van der Waals surface area contributed by atoms with E-state index in [0.29, 0.717) is 17.5 Å². The number of nitrogens with zero attached hydrogens (tertiary/aromatic N) is 5. The number of piperidine rings is 1. The van der Waals surface area contributed by atoms with E-state index in [0.717, 1.165) is 24.6 Å². The fourth-order valence-corrected chi connectivity index (χ4v) is 4.88. The molecule has 1 aliphatic rings. The maximum Gasteiger partial charge on any atom is 0.233 e. The molecule has 0 N–H and O–H groups in total. The SMILES string of the molecule is CC(C)N(C(=O)CSc1nnc(CN2CCCCC2)n1-c1ccc(F)cc1)C(C)C. The zero-order valence-electron chi connectivity index (χ0n) is 18.3. The summed E-state index contributed by atoms with van der Waals surface area (Å²) in [6.07, 6.45) is 3.66. The average molecular weight is 434 g/mol. The summed E-state index contributed by atoms with van der Waals surface area (Å²) in [7, 11) is 0. The highest BCUT2D eigenvalue weighted by Gasteiger charge is 2.23. The van der Waals surface area contributed by atoms with Crippen LogP contribution in [0.25, 0.3) is 5.69 Å². The predicted molar refractivity (Wildman–Crippen MR) is 118 cm³/mol. The van der Waals surface area contributed by atoms with Crippen LogP contribution in [0, 0.1) is 5.82 Å². The van der Waals surface area contributed by atoms with E-state index in [1.165, 1.54) is 43.2 Å². The lowest BCUT2D eigenvalue weighted by atomic mass is 10.1. The van der Waals surface area contributed by atoms with Crippen LogP contribution in [0.3, 0.4) is 0 Å². The van der Waals surface area contributed by atoms with Crippen molar-refractivity contribution in [2.24, 2.45) is 0 Å². The first-order valence-corrected chi connectivity index (χ1v) is 11.7. The molecule has 6 nitrogen and oxygen atoms in total. The number of hydrogen-bond acceptors (Lipinski definition) is 5. The number of aromatic nitrogens is 3. The molecule has 0 radical (unpaired) electrons. The molecule has 0 bridgehead atoms. The number of halogens is 1. The van der Waals surface area contributed by atoms with Gasteiger partial charge >= 0.3 is 0 Å². The molecule has 0 saturated carbocycles. The summed E-state index contributed by atoms with van der Waals surface area (Å²) < 4.78 is 15.5. The van der Waals surface area contributed by atoms with Crippen LogP contribution in [0.1, 0.15) is 52.8 Å². The van der Waals surface area contributed by atoms with E-state index >= 15 is 0 Å². The molecule has 1 aromatic carbocycles. The lowest BCUT2D eigenvalue weighted by molar-refractivity contribution is -0.131. The second-order valence-electron chi connectivity index (χ2n) is 8.32. The van der Waals surface area contributed by atoms with Crippen LogP contribution in [-0.4, -0.2) is 61.4 Å². The summed E-state index contributed by atoms with van der Waals surface area (Å²) in [6, 6.07) is 6.64. The summed E-state index contributed by atoms with van der Waals surface area (Å²) >= 11 is 1.39. The Hall–Kier alpha value is -1.93. The quantitative estimate of drug-likeness (QED) is 0.586. The summed E-state index contributed by atoms with van der Waals surface area (Å²) in [5, 5.41) is 9.48. The van der Waals surface area contributed by atoms with Crippen molar-refractivity contribution >= 4 is 17.7 Å². The minimum Gasteiger partial charge on any atom is -0.337 e. The van der Waals surface area contributed by atoms with Crippen LogP contribution in [-0.2, 0) is 11.3 Å². The van der Waals surface area contributed by atoms with Crippen LogP contribution in [0.2, 0.25) is 0 Å². The van der Waals surface area contributed by atoms with Gasteiger partial charge in [0.1, 0.15) is 5.82 Å². The fourth-order valence-electron chi connectivity index (χ4n) is 4.04. The van der Waals surface area contributed by atoms with E-state index in [4.69, 9.17) is 0 Å². The highest BCUT2D eigenvalue weighted by molar-refractivity contribution is 7.99. The van der Waals surface area contributed by atoms with Gasteiger partial charge in [0.15, 0.2) is 11.0 Å². The molecule has 0 spiro atoms. The molecule has 3 rings (SSSR count). The molecular formula is C22H32FN5OS. The number of hydrogen-bond donors (Lipinski definition) is 0. The largest absolute Gasteiger partial charge is 0.337 e. The van der Waals surface area contributed by atoms with Crippen molar-refractivity contribution in [2.45, 2.75) is 70.7 Å². The molecule has 164 valence electrons. The maximum absolute atomic E-state index is 13.5. The number of carbonyl (C=O) groups excluding carboxylic acids is 1. The van der Waals surface area contributed by atoms with Gasteiger partial charge in [-0.15, -0.1) is 10.2 Å².